The predicted octanol–water partition coefficient (Wildman–Crippen LogP) is 12.9. The van der Waals surface area contributed by atoms with Crippen LogP contribution in [-0.4, -0.2) is 104 Å². The molecule has 1 unspecified atom stereocenters. The number of halogens is 3. The summed E-state index contributed by atoms with van der Waals surface area (Å²) in [7, 11) is 3.09. The van der Waals surface area contributed by atoms with Crippen LogP contribution in [0.25, 0.3) is 0 Å². The van der Waals surface area contributed by atoms with Crippen LogP contribution < -0.4 is 16.0 Å². The number of hydrogen-bond acceptors (Lipinski definition) is 9. The molecule has 0 bridgehead atoms. The van der Waals surface area contributed by atoms with E-state index in [1.54, 1.807) is 14.1 Å². The van der Waals surface area contributed by atoms with Gasteiger partial charge in [0.05, 0.1) is 0 Å². The number of rotatable bonds is 47. The number of hydrogen-bond donors (Lipinski definition) is 4. The topological polar surface area (TPSA) is 163 Å². The van der Waals surface area contributed by atoms with E-state index in [1.165, 1.54) is 96.3 Å². The first-order valence-electron chi connectivity index (χ1n) is 27.8. The molecule has 408 valence electrons. The Hall–Kier alpha value is -2.94. The Balaban J connectivity index is 0. The third-order valence-electron chi connectivity index (χ3n) is 12.7. The molecule has 0 spiro atoms. The Kier molecular flexibility index (Phi) is 48.1. The number of unbranched alkanes of at least 4 members (excludes halogenated alkanes) is 23. The third-order valence-corrected chi connectivity index (χ3v) is 12.7. The molecule has 15 heteroatoms. The maximum absolute atomic E-state index is 12.9. The maximum atomic E-state index is 12.9. The van der Waals surface area contributed by atoms with Crippen LogP contribution >= 0.6 is 0 Å². The van der Waals surface area contributed by atoms with Gasteiger partial charge in [-0.15, -0.1) is 0 Å². The molecule has 0 radical (unpaired) electrons. The molecule has 0 heterocycles. The van der Waals surface area contributed by atoms with Crippen LogP contribution in [-0.2, 0) is 33.4 Å². The van der Waals surface area contributed by atoms with Gasteiger partial charge in [0.15, 0.2) is 6.04 Å². The molecule has 12 nitrogen and oxygen atoms in total. The number of nitrogens with zero attached hydrogens (tertiary/aromatic N) is 1. The van der Waals surface area contributed by atoms with Crippen molar-refractivity contribution in [1.82, 2.24) is 20.9 Å². The van der Waals surface area contributed by atoms with Crippen LogP contribution in [0, 0.1) is 0 Å². The van der Waals surface area contributed by atoms with Crippen LogP contribution in [0.3, 0.4) is 0 Å². The Morgan fingerprint density at radius 3 is 1.16 bits per heavy atom. The number of carboxylic acids is 1. The summed E-state index contributed by atoms with van der Waals surface area (Å²) in [5.74, 6) is -3.47. The van der Waals surface area contributed by atoms with Gasteiger partial charge in [-0.1, -0.05) is 163 Å². The van der Waals surface area contributed by atoms with Gasteiger partial charge in [0.25, 0.3) is 0 Å². The number of carbonyl (C=O) groups is 5. The fourth-order valence-corrected chi connectivity index (χ4v) is 8.30. The molecular weight excluding hydrogens is 890 g/mol. The molecule has 0 rings (SSSR count). The minimum absolute atomic E-state index is 0.00862. The average molecular weight is 993 g/mol. The molecule has 0 saturated carbocycles. The SMILES string of the molecule is CCCCCCCCC(CC)OC(=O)CCCCCCCN(CCCCCCCC(=O)OC(CCCCCCCC)CCCCCCCC)CCCNC(C(=O)NC)C(=O)NC.O=C(O)C(F)(F)F. The lowest BCUT2D eigenvalue weighted by atomic mass is 10.0. The molecule has 2 amide bonds. The van der Waals surface area contributed by atoms with Crippen molar-refractivity contribution in [2.75, 3.05) is 40.3 Å². The smallest absolute Gasteiger partial charge is 0.475 e. The van der Waals surface area contributed by atoms with Gasteiger partial charge in [-0.05, 0) is 103 Å². The fraction of sp³-hybridized carbons (Fsp3) is 0.907. The van der Waals surface area contributed by atoms with Crippen molar-refractivity contribution in [3.63, 3.8) is 0 Å². The van der Waals surface area contributed by atoms with Crippen LogP contribution in [0.4, 0.5) is 13.2 Å². The van der Waals surface area contributed by atoms with Crippen molar-refractivity contribution >= 4 is 29.7 Å². The number of alkyl halides is 3. The van der Waals surface area contributed by atoms with E-state index in [9.17, 15) is 32.3 Å². The second-order valence-corrected chi connectivity index (χ2v) is 19.0. The second kappa shape index (κ2) is 48.7. The van der Waals surface area contributed by atoms with E-state index >= 15 is 0 Å². The van der Waals surface area contributed by atoms with Crippen molar-refractivity contribution in [2.24, 2.45) is 0 Å². The van der Waals surface area contributed by atoms with Gasteiger partial charge < -0.3 is 30.1 Å². The first-order valence-corrected chi connectivity index (χ1v) is 27.8. The predicted molar refractivity (Wildman–Crippen MR) is 274 cm³/mol. The number of carbonyl (C=O) groups excluding carboxylic acids is 4. The molecule has 1 atom stereocenters. The molecule has 0 aromatic heterocycles. The highest BCUT2D eigenvalue weighted by molar-refractivity contribution is 6.04. The minimum atomic E-state index is -5.08. The Bertz CT molecular complexity index is 1210. The number of esters is 2. The van der Waals surface area contributed by atoms with Crippen LogP contribution in [0.15, 0.2) is 0 Å². The third kappa shape index (κ3) is 44.7. The molecule has 4 N–H and O–H groups in total. The van der Waals surface area contributed by atoms with Gasteiger partial charge in [0.1, 0.15) is 12.2 Å². The molecule has 0 aromatic rings. The van der Waals surface area contributed by atoms with E-state index < -0.39 is 18.2 Å². The zero-order valence-corrected chi connectivity index (χ0v) is 44.7. The second-order valence-electron chi connectivity index (χ2n) is 19.0. The largest absolute Gasteiger partial charge is 0.490 e. The molecular formula is C54H103F3N4O8. The number of ether oxygens (including phenoxy) is 2. The number of likely N-dealkylation sites (N-methyl/N-ethyl adjacent to an activating group) is 2. The van der Waals surface area contributed by atoms with Gasteiger partial charge >= 0.3 is 24.1 Å². The summed E-state index contributed by atoms with van der Waals surface area (Å²) in [5, 5.41) is 15.4. The summed E-state index contributed by atoms with van der Waals surface area (Å²) in [4.78, 5) is 61.3. The van der Waals surface area contributed by atoms with E-state index in [-0.39, 0.29) is 36.0 Å². The van der Waals surface area contributed by atoms with Crippen molar-refractivity contribution < 1.29 is 51.7 Å². The van der Waals surface area contributed by atoms with Gasteiger partial charge in [-0.3, -0.25) is 24.5 Å². The number of nitrogens with one attached hydrogen (secondary N) is 3. The van der Waals surface area contributed by atoms with Crippen molar-refractivity contribution in [1.29, 1.82) is 0 Å². The number of carboxylic acid groups (broad SMARTS) is 1. The lowest BCUT2D eigenvalue weighted by molar-refractivity contribution is -0.192. The summed E-state index contributed by atoms with van der Waals surface area (Å²) in [6.45, 7) is 12.4. The highest BCUT2D eigenvalue weighted by atomic mass is 19.4. The zero-order valence-electron chi connectivity index (χ0n) is 44.7. The highest BCUT2D eigenvalue weighted by Gasteiger charge is 2.38. The Morgan fingerprint density at radius 2 is 0.797 bits per heavy atom. The van der Waals surface area contributed by atoms with Crippen LogP contribution in [0.1, 0.15) is 252 Å². The first-order chi connectivity index (χ1) is 33.2. The summed E-state index contributed by atoms with van der Waals surface area (Å²) in [5.41, 5.74) is 0. The van der Waals surface area contributed by atoms with E-state index in [0.717, 1.165) is 135 Å². The number of amides is 2. The standard InChI is InChI=1S/C52H102N4O6.C2HF3O2/c1-7-11-14-17-22-29-37-46(10-4)61-48(57)40-32-25-20-27-34-43-56(45-36-42-55-50(51(59)53-5)52(60)54-6)44-35-28-21-26-33-41-49(58)62-47(38-30-23-18-15-12-8-2)39-31-24-19-16-13-9-3;3-2(4,5)1(6)7/h46-47,50,55H,7-45H2,1-6H3,(H,53,59)(H,54,60);(H,6,7). The van der Waals surface area contributed by atoms with Crippen molar-refractivity contribution in [3.05, 3.63) is 0 Å². The molecule has 69 heavy (non-hydrogen) atoms. The molecule has 0 aromatic carbocycles. The lowest BCUT2D eigenvalue weighted by Crippen LogP contribution is -2.52. The van der Waals surface area contributed by atoms with Gasteiger partial charge in [0, 0.05) is 26.9 Å². The van der Waals surface area contributed by atoms with E-state index in [0.29, 0.717) is 19.4 Å². The molecule has 0 aliphatic rings. The molecule has 0 fully saturated rings. The molecule has 0 aliphatic heterocycles. The first kappa shape index (κ1) is 68.1. The van der Waals surface area contributed by atoms with E-state index in [1.807, 2.05) is 0 Å². The summed E-state index contributed by atoms with van der Waals surface area (Å²) in [6.07, 6.45) is 34.1. The summed E-state index contributed by atoms with van der Waals surface area (Å²) in [6, 6.07) is -0.896. The van der Waals surface area contributed by atoms with Crippen LogP contribution in [0.5, 0.6) is 0 Å². The van der Waals surface area contributed by atoms with Gasteiger partial charge in [0.2, 0.25) is 11.8 Å². The molecule has 0 saturated heterocycles. The lowest BCUT2D eigenvalue weighted by Gasteiger charge is -2.23. The molecule has 0 aliphatic carbocycles. The monoisotopic (exact) mass is 993 g/mol. The van der Waals surface area contributed by atoms with Gasteiger partial charge in [-0.2, -0.15) is 13.2 Å². The maximum Gasteiger partial charge on any atom is 0.490 e. The van der Waals surface area contributed by atoms with E-state index in [4.69, 9.17) is 19.4 Å². The van der Waals surface area contributed by atoms with E-state index in [2.05, 4.69) is 48.5 Å². The average Bonchev–Trinajstić information content (AvgIpc) is 3.32. The van der Waals surface area contributed by atoms with Gasteiger partial charge in [-0.25, -0.2) is 4.79 Å². The van der Waals surface area contributed by atoms with Crippen molar-refractivity contribution in [3.8, 4) is 0 Å². The van der Waals surface area contributed by atoms with Crippen molar-refractivity contribution in [2.45, 2.75) is 277 Å². The quantitative estimate of drug-likeness (QED) is 0.0262. The highest BCUT2D eigenvalue weighted by Crippen LogP contribution is 2.19. The fourth-order valence-electron chi connectivity index (χ4n) is 8.30. The summed E-state index contributed by atoms with van der Waals surface area (Å²) >= 11 is 0. The Labute approximate surface area is 418 Å². The number of aliphatic carboxylic acids is 1. The Morgan fingerprint density at radius 1 is 0.478 bits per heavy atom. The normalized spacial score (nSPS) is 11.9. The van der Waals surface area contributed by atoms with Crippen LogP contribution in [0.2, 0.25) is 0 Å². The summed E-state index contributed by atoms with van der Waals surface area (Å²) < 4.78 is 43.6. The zero-order chi connectivity index (χ0) is 51.8. The minimum Gasteiger partial charge on any atom is -0.475 e.